The zero-order valence-corrected chi connectivity index (χ0v) is 21.3. The van der Waals surface area contributed by atoms with Crippen molar-refractivity contribution in [3.63, 3.8) is 0 Å². The fourth-order valence-electron chi connectivity index (χ4n) is 4.29. The summed E-state index contributed by atoms with van der Waals surface area (Å²) in [5.41, 5.74) is 6.32. The summed E-state index contributed by atoms with van der Waals surface area (Å²) in [6.45, 7) is 5.60. The molecule has 3 aromatic carbocycles. The quantitative estimate of drug-likeness (QED) is 0.367. The normalized spacial score (nSPS) is 13.6. The van der Waals surface area contributed by atoms with Crippen molar-refractivity contribution < 1.29 is 14.3 Å². The molecule has 1 atom stereocenters. The Labute approximate surface area is 214 Å². The van der Waals surface area contributed by atoms with Crippen LogP contribution >= 0.6 is 11.3 Å². The third-order valence-corrected chi connectivity index (χ3v) is 7.36. The lowest BCUT2D eigenvalue weighted by molar-refractivity contribution is -0.125. The number of amides is 2. The van der Waals surface area contributed by atoms with E-state index in [9.17, 15) is 9.59 Å². The fraction of sp³-hybridized carbons (Fsp3) is 0.207. The number of nitrogens with one attached hydrogen (secondary N) is 1. The number of carbonyl (C=O) groups is 2. The van der Waals surface area contributed by atoms with Crippen molar-refractivity contribution in [1.82, 2.24) is 4.98 Å². The molecule has 182 valence electrons. The molecule has 1 N–H and O–H groups in total. The highest BCUT2D eigenvalue weighted by molar-refractivity contribution is 7.10. The van der Waals surface area contributed by atoms with Crippen LogP contribution in [0.4, 0.5) is 11.4 Å². The largest absolute Gasteiger partial charge is 0.482 e. The highest BCUT2D eigenvalue weighted by Gasteiger charge is 2.33. The second-order valence-corrected chi connectivity index (χ2v) is 9.88. The average Bonchev–Trinajstić information content (AvgIpc) is 3.35. The molecule has 0 saturated heterocycles. The molecule has 2 heterocycles. The number of aromatic nitrogens is 1. The van der Waals surface area contributed by atoms with Crippen LogP contribution in [0.5, 0.6) is 5.75 Å². The molecule has 2 amide bonds. The summed E-state index contributed by atoms with van der Waals surface area (Å²) in [5, 5.41) is 6.02. The van der Waals surface area contributed by atoms with E-state index in [0.29, 0.717) is 11.4 Å². The minimum Gasteiger partial charge on any atom is -0.482 e. The Kier molecular flexibility index (Phi) is 6.57. The predicted molar refractivity (Wildman–Crippen MR) is 144 cm³/mol. The maximum atomic E-state index is 13.2. The molecule has 0 bridgehead atoms. The zero-order valence-electron chi connectivity index (χ0n) is 20.4. The fourth-order valence-corrected chi connectivity index (χ4v) is 5.13. The van der Waals surface area contributed by atoms with Crippen molar-refractivity contribution >= 4 is 34.5 Å². The van der Waals surface area contributed by atoms with Gasteiger partial charge in [0.05, 0.1) is 16.4 Å². The number of fused-ring (bicyclic) bond motifs is 1. The van der Waals surface area contributed by atoms with Crippen LogP contribution in [0.25, 0.3) is 11.3 Å². The Balaban J connectivity index is 1.41. The highest BCUT2D eigenvalue weighted by Crippen LogP contribution is 2.37. The molecular formula is C29H27N3O3S. The summed E-state index contributed by atoms with van der Waals surface area (Å²) in [5.74, 6) is 0.0601. The van der Waals surface area contributed by atoms with Crippen LogP contribution in [-0.4, -0.2) is 29.4 Å². The first-order valence-corrected chi connectivity index (χ1v) is 12.7. The number of rotatable bonds is 6. The summed E-state index contributed by atoms with van der Waals surface area (Å²) in [7, 11) is 0. The SMILES string of the molecule is Cc1cccc(NC(=O)C(C)N2C(=O)COc3ccc(-c4csc(Cc5ccccc5)n4)cc32)c1C. The van der Waals surface area contributed by atoms with Crippen LogP contribution in [0.15, 0.2) is 72.1 Å². The summed E-state index contributed by atoms with van der Waals surface area (Å²) in [6.07, 6.45) is 0.764. The number of ether oxygens (including phenoxy) is 1. The summed E-state index contributed by atoms with van der Waals surface area (Å²) < 4.78 is 5.68. The van der Waals surface area contributed by atoms with Gasteiger partial charge in [0, 0.05) is 23.1 Å². The van der Waals surface area contributed by atoms with Gasteiger partial charge in [-0.05, 0) is 61.7 Å². The summed E-state index contributed by atoms with van der Waals surface area (Å²) in [4.78, 5) is 32.5. The van der Waals surface area contributed by atoms with E-state index in [1.807, 2.05) is 73.8 Å². The molecule has 0 fully saturated rings. The van der Waals surface area contributed by atoms with Gasteiger partial charge in [-0.15, -0.1) is 11.3 Å². The van der Waals surface area contributed by atoms with Gasteiger partial charge < -0.3 is 10.1 Å². The third kappa shape index (κ3) is 4.75. The van der Waals surface area contributed by atoms with E-state index in [4.69, 9.17) is 9.72 Å². The van der Waals surface area contributed by atoms with Crippen LogP contribution in [0.1, 0.15) is 28.6 Å². The van der Waals surface area contributed by atoms with Crippen molar-refractivity contribution in [3.8, 4) is 17.0 Å². The molecule has 0 saturated carbocycles. The van der Waals surface area contributed by atoms with E-state index in [0.717, 1.165) is 39.5 Å². The van der Waals surface area contributed by atoms with E-state index in [-0.39, 0.29) is 18.4 Å². The van der Waals surface area contributed by atoms with Crippen molar-refractivity contribution in [2.75, 3.05) is 16.8 Å². The van der Waals surface area contributed by atoms with Crippen molar-refractivity contribution in [2.24, 2.45) is 0 Å². The van der Waals surface area contributed by atoms with Gasteiger partial charge in [0.15, 0.2) is 6.61 Å². The van der Waals surface area contributed by atoms with Crippen LogP contribution in [0.3, 0.4) is 0 Å². The molecule has 36 heavy (non-hydrogen) atoms. The Morgan fingerprint density at radius 1 is 1.11 bits per heavy atom. The molecule has 0 aliphatic carbocycles. The van der Waals surface area contributed by atoms with E-state index in [1.54, 1.807) is 18.3 Å². The Morgan fingerprint density at radius 2 is 1.92 bits per heavy atom. The lowest BCUT2D eigenvalue weighted by atomic mass is 10.1. The van der Waals surface area contributed by atoms with Gasteiger partial charge in [-0.25, -0.2) is 4.98 Å². The van der Waals surface area contributed by atoms with Crippen molar-refractivity contribution in [2.45, 2.75) is 33.2 Å². The second-order valence-electron chi connectivity index (χ2n) is 8.94. The van der Waals surface area contributed by atoms with Gasteiger partial charge in [0.25, 0.3) is 5.91 Å². The van der Waals surface area contributed by atoms with Gasteiger partial charge in [0.2, 0.25) is 5.91 Å². The van der Waals surface area contributed by atoms with E-state index < -0.39 is 6.04 Å². The topological polar surface area (TPSA) is 71.5 Å². The van der Waals surface area contributed by atoms with Crippen molar-refractivity contribution in [1.29, 1.82) is 0 Å². The maximum absolute atomic E-state index is 13.2. The van der Waals surface area contributed by atoms with E-state index in [1.165, 1.54) is 10.5 Å². The molecule has 7 heteroatoms. The molecular weight excluding hydrogens is 470 g/mol. The number of thiazole rings is 1. The molecule has 1 aromatic heterocycles. The van der Waals surface area contributed by atoms with Gasteiger partial charge in [-0.1, -0.05) is 42.5 Å². The first kappa shape index (κ1) is 23.8. The average molecular weight is 498 g/mol. The molecule has 0 spiro atoms. The third-order valence-electron chi connectivity index (χ3n) is 6.51. The summed E-state index contributed by atoms with van der Waals surface area (Å²) >= 11 is 1.61. The molecule has 6 nitrogen and oxygen atoms in total. The molecule has 4 aromatic rings. The summed E-state index contributed by atoms with van der Waals surface area (Å²) in [6, 6.07) is 21.0. The van der Waals surface area contributed by atoms with Crippen LogP contribution in [-0.2, 0) is 16.0 Å². The first-order valence-electron chi connectivity index (χ1n) is 11.9. The number of hydrogen-bond donors (Lipinski definition) is 1. The van der Waals surface area contributed by atoms with Crippen molar-refractivity contribution in [3.05, 3.63) is 93.8 Å². The van der Waals surface area contributed by atoms with Gasteiger partial charge in [-0.3, -0.25) is 14.5 Å². The van der Waals surface area contributed by atoms with Gasteiger partial charge in [0.1, 0.15) is 11.8 Å². The number of anilines is 2. The lowest BCUT2D eigenvalue weighted by Gasteiger charge is -2.33. The number of benzene rings is 3. The van der Waals surface area contributed by atoms with Crippen LogP contribution < -0.4 is 15.0 Å². The number of hydrogen-bond acceptors (Lipinski definition) is 5. The minimum atomic E-state index is -0.723. The highest BCUT2D eigenvalue weighted by atomic mass is 32.1. The number of aryl methyl sites for hydroxylation is 1. The lowest BCUT2D eigenvalue weighted by Crippen LogP contribution is -2.49. The first-order chi connectivity index (χ1) is 17.4. The zero-order chi connectivity index (χ0) is 25.2. The standard InChI is InChI=1S/C29H27N3O3S/c1-18-8-7-11-23(19(18)2)31-29(34)20(3)32-25-15-22(12-13-26(25)35-16-28(32)33)24-17-36-27(30-24)14-21-9-5-4-6-10-21/h4-13,15,17,20H,14,16H2,1-3H3,(H,31,34). The number of carbonyl (C=O) groups excluding carboxylic acids is 2. The maximum Gasteiger partial charge on any atom is 0.265 e. The minimum absolute atomic E-state index is 0.106. The predicted octanol–water partition coefficient (Wildman–Crippen LogP) is 5.77. The Hall–Kier alpha value is -3.97. The van der Waals surface area contributed by atoms with Crippen LogP contribution in [0, 0.1) is 13.8 Å². The second kappa shape index (κ2) is 9.95. The Morgan fingerprint density at radius 3 is 2.72 bits per heavy atom. The molecule has 1 unspecified atom stereocenters. The monoisotopic (exact) mass is 497 g/mol. The van der Waals surface area contributed by atoms with Gasteiger partial charge >= 0.3 is 0 Å². The van der Waals surface area contributed by atoms with Crippen LogP contribution in [0.2, 0.25) is 0 Å². The van der Waals surface area contributed by atoms with E-state index >= 15 is 0 Å². The smallest absolute Gasteiger partial charge is 0.265 e. The van der Waals surface area contributed by atoms with Gasteiger partial charge in [-0.2, -0.15) is 0 Å². The Bertz CT molecular complexity index is 1430. The molecule has 0 radical (unpaired) electrons. The molecule has 1 aliphatic heterocycles. The number of nitrogens with zero attached hydrogens (tertiary/aromatic N) is 2. The molecule has 5 rings (SSSR count). The van der Waals surface area contributed by atoms with E-state index in [2.05, 4.69) is 17.4 Å². The molecule has 1 aliphatic rings.